The first kappa shape index (κ1) is 12.5. The minimum absolute atomic E-state index is 0.0602. The summed E-state index contributed by atoms with van der Waals surface area (Å²) in [6.07, 6.45) is 3.43. The van der Waals surface area contributed by atoms with Crippen LogP contribution < -0.4 is 0 Å². The fourth-order valence-corrected chi connectivity index (χ4v) is 2.01. The van der Waals surface area contributed by atoms with E-state index >= 15 is 0 Å². The number of benzene rings is 1. The molecule has 0 radical (unpaired) electrons. The van der Waals surface area contributed by atoms with Crippen molar-refractivity contribution in [2.24, 2.45) is 0 Å². The highest BCUT2D eigenvalue weighted by Crippen LogP contribution is 2.23. The number of fused-ring (bicyclic) bond motifs is 1. The van der Waals surface area contributed by atoms with Gasteiger partial charge in [0.2, 0.25) is 0 Å². The molecule has 0 saturated heterocycles. The zero-order valence-corrected chi connectivity index (χ0v) is 11.2. The van der Waals surface area contributed by atoms with E-state index in [0.717, 1.165) is 22.2 Å². The average molecular weight is 239 g/mol. The molecule has 1 aromatic heterocycles. The molecule has 0 unspecified atom stereocenters. The molecule has 2 rings (SSSR count). The Kier molecular flexibility index (Phi) is 3.28. The van der Waals surface area contributed by atoms with Crippen molar-refractivity contribution < 1.29 is 4.79 Å². The Bertz CT molecular complexity index is 654. The number of aromatic nitrogens is 1. The minimum atomic E-state index is 0.0602. The van der Waals surface area contributed by atoms with Crippen molar-refractivity contribution in [2.75, 3.05) is 0 Å². The highest BCUT2D eigenvalue weighted by atomic mass is 16.1. The number of hydrogen-bond donors (Lipinski definition) is 0. The Morgan fingerprint density at radius 1 is 1.17 bits per heavy atom. The predicted molar refractivity (Wildman–Crippen MR) is 75.7 cm³/mol. The van der Waals surface area contributed by atoms with Crippen LogP contribution in [-0.2, 0) is 4.79 Å². The first-order valence-corrected chi connectivity index (χ1v) is 6.05. The van der Waals surface area contributed by atoms with Gasteiger partial charge in [-0.15, -0.1) is 0 Å². The fourth-order valence-electron chi connectivity index (χ4n) is 2.01. The van der Waals surface area contributed by atoms with E-state index in [1.165, 1.54) is 11.1 Å². The normalized spacial score (nSPS) is 11.3. The molecule has 0 spiro atoms. The molecule has 0 amide bonds. The predicted octanol–water partition coefficient (Wildman–Crippen LogP) is 3.76. The number of nitrogens with zero attached hydrogens (tertiary/aromatic N) is 1. The second-order valence-electron chi connectivity index (χ2n) is 4.67. The summed E-state index contributed by atoms with van der Waals surface area (Å²) in [5, 5.41) is 1.16. The second-order valence-corrected chi connectivity index (χ2v) is 4.67. The lowest BCUT2D eigenvalue weighted by Crippen LogP contribution is -1.93. The van der Waals surface area contributed by atoms with Crippen LogP contribution in [0.5, 0.6) is 0 Å². The number of aryl methyl sites for hydroxylation is 2. The summed E-state index contributed by atoms with van der Waals surface area (Å²) in [5.74, 6) is 0.0602. The molecular weight excluding hydrogens is 222 g/mol. The molecule has 0 saturated carbocycles. The lowest BCUT2D eigenvalue weighted by atomic mass is 10.0. The Balaban J connectivity index is 2.61. The molecule has 0 fully saturated rings. The SMILES string of the molecule is CC(=O)/C=C/c1ccc2nc(C)c(C)c(C)c2c1. The quantitative estimate of drug-likeness (QED) is 0.747. The second kappa shape index (κ2) is 4.73. The van der Waals surface area contributed by atoms with Crippen LogP contribution in [-0.4, -0.2) is 10.8 Å². The van der Waals surface area contributed by atoms with Gasteiger partial charge in [-0.2, -0.15) is 0 Å². The van der Waals surface area contributed by atoms with Crippen LogP contribution in [0.15, 0.2) is 24.3 Å². The summed E-state index contributed by atoms with van der Waals surface area (Å²) in [5.41, 5.74) is 5.61. The number of hydrogen-bond acceptors (Lipinski definition) is 2. The number of allylic oxidation sites excluding steroid dienone is 1. The van der Waals surface area contributed by atoms with E-state index in [9.17, 15) is 4.79 Å². The highest BCUT2D eigenvalue weighted by molar-refractivity contribution is 5.92. The molecule has 18 heavy (non-hydrogen) atoms. The molecule has 0 N–H and O–H groups in total. The third-order valence-corrected chi connectivity index (χ3v) is 3.33. The van der Waals surface area contributed by atoms with Gasteiger partial charge in [-0.25, -0.2) is 0 Å². The Hall–Kier alpha value is -1.96. The Morgan fingerprint density at radius 2 is 1.89 bits per heavy atom. The zero-order valence-electron chi connectivity index (χ0n) is 11.2. The van der Waals surface area contributed by atoms with Crippen molar-refractivity contribution in [3.63, 3.8) is 0 Å². The molecule has 0 aliphatic carbocycles. The summed E-state index contributed by atoms with van der Waals surface area (Å²) in [4.78, 5) is 15.5. The van der Waals surface area contributed by atoms with Gasteiger partial charge in [-0.3, -0.25) is 9.78 Å². The summed E-state index contributed by atoms with van der Waals surface area (Å²) in [6.45, 7) is 7.79. The molecule has 92 valence electrons. The average Bonchev–Trinajstić information content (AvgIpc) is 2.34. The van der Waals surface area contributed by atoms with Crippen molar-refractivity contribution in [3.05, 3.63) is 46.7 Å². The third-order valence-electron chi connectivity index (χ3n) is 3.33. The van der Waals surface area contributed by atoms with E-state index in [1.54, 1.807) is 13.0 Å². The first-order chi connectivity index (χ1) is 8.49. The van der Waals surface area contributed by atoms with Crippen molar-refractivity contribution in [3.8, 4) is 0 Å². The van der Waals surface area contributed by atoms with Crippen LogP contribution in [0, 0.1) is 20.8 Å². The van der Waals surface area contributed by atoms with Crippen LogP contribution in [0.1, 0.15) is 29.3 Å². The molecular formula is C16H17NO. The van der Waals surface area contributed by atoms with Gasteiger partial charge in [0.15, 0.2) is 5.78 Å². The molecule has 1 aromatic carbocycles. The minimum Gasteiger partial charge on any atom is -0.295 e. The lowest BCUT2D eigenvalue weighted by molar-refractivity contribution is -0.112. The van der Waals surface area contributed by atoms with Gasteiger partial charge in [-0.05, 0) is 62.6 Å². The molecule has 0 aliphatic rings. The van der Waals surface area contributed by atoms with Crippen molar-refractivity contribution >= 4 is 22.8 Å². The Labute approximate surface area is 107 Å². The van der Waals surface area contributed by atoms with Gasteiger partial charge < -0.3 is 0 Å². The van der Waals surface area contributed by atoms with E-state index < -0.39 is 0 Å². The first-order valence-electron chi connectivity index (χ1n) is 6.05. The number of pyridine rings is 1. The van der Waals surface area contributed by atoms with Crippen molar-refractivity contribution in [1.29, 1.82) is 0 Å². The summed E-state index contributed by atoms with van der Waals surface area (Å²) in [6, 6.07) is 6.08. The van der Waals surface area contributed by atoms with Crippen LogP contribution >= 0.6 is 0 Å². The highest BCUT2D eigenvalue weighted by Gasteiger charge is 2.05. The van der Waals surface area contributed by atoms with E-state index in [2.05, 4.69) is 24.9 Å². The number of ketones is 1. The largest absolute Gasteiger partial charge is 0.295 e. The smallest absolute Gasteiger partial charge is 0.152 e. The van der Waals surface area contributed by atoms with E-state index in [1.807, 2.05) is 25.1 Å². The maximum absolute atomic E-state index is 10.9. The monoisotopic (exact) mass is 239 g/mol. The molecule has 0 bridgehead atoms. The number of rotatable bonds is 2. The maximum atomic E-state index is 10.9. The van der Waals surface area contributed by atoms with Gasteiger partial charge in [0.1, 0.15) is 0 Å². The van der Waals surface area contributed by atoms with Gasteiger partial charge in [-0.1, -0.05) is 12.1 Å². The van der Waals surface area contributed by atoms with Crippen LogP contribution in [0.4, 0.5) is 0 Å². The number of carbonyl (C=O) groups is 1. The van der Waals surface area contributed by atoms with E-state index in [-0.39, 0.29) is 5.78 Å². The maximum Gasteiger partial charge on any atom is 0.152 e. The van der Waals surface area contributed by atoms with Crippen molar-refractivity contribution in [1.82, 2.24) is 4.98 Å². The fraction of sp³-hybridized carbons (Fsp3) is 0.250. The molecule has 2 nitrogen and oxygen atoms in total. The van der Waals surface area contributed by atoms with Crippen LogP contribution in [0.3, 0.4) is 0 Å². The Morgan fingerprint density at radius 3 is 2.56 bits per heavy atom. The van der Waals surface area contributed by atoms with Gasteiger partial charge in [0.05, 0.1) is 5.52 Å². The standard InChI is InChI=1S/C16H17NO/c1-10(18)5-6-14-7-8-16-15(9-14)12(3)11(2)13(4)17-16/h5-9H,1-4H3/b6-5+. The molecule has 0 aliphatic heterocycles. The third kappa shape index (κ3) is 2.33. The molecule has 2 aromatic rings. The van der Waals surface area contributed by atoms with Gasteiger partial charge in [0, 0.05) is 11.1 Å². The van der Waals surface area contributed by atoms with E-state index in [4.69, 9.17) is 0 Å². The van der Waals surface area contributed by atoms with Gasteiger partial charge in [0.25, 0.3) is 0 Å². The molecule has 2 heteroatoms. The van der Waals surface area contributed by atoms with Crippen LogP contribution in [0.25, 0.3) is 17.0 Å². The van der Waals surface area contributed by atoms with Crippen LogP contribution in [0.2, 0.25) is 0 Å². The summed E-state index contributed by atoms with van der Waals surface area (Å²) >= 11 is 0. The topological polar surface area (TPSA) is 30.0 Å². The van der Waals surface area contributed by atoms with Crippen molar-refractivity contribution in [2.45, 2.75) is 27.7 Å². The summed E-state index contributed by atoms with van der Waals surface area (Å²) in [7, 11) is 0. The lowest BCUT2D eigenvalue weighted by Gasteiger charge is -2.09. The molecule has 1 heterocycles. The zero-order chi connectivity index (χ0) is 13.3. The van der Waals surface area contributed by atoms with Gasteiger partial charge >= 0.3 is 0 Å². The number of carbonyl (C=O) groups excluding carboxylic acids is 1. The summed E-state index contributed by atoms with van der Waals surface area (Å²) < 4.78 is 0. The van der Waals surface area contributed by atoms with E-state index in [0.29, 0.717) is 0 Å². The molecule has 0 atom stereocenters.